The third-order valence-electron chi connectivity index (χ3n) is 2.38. The lowest BCUT2D eigenvalue weighted by Gasteiger charge is -2.12. The first-order valence-corrected chi connectivity index (χ1v) is 7.86. The summed E-state index contributed by atoms with van der Waals surface area (Å²) < 4.78 is 67.8. The van der Waals surface area contributed by atoms with Gasteiger partial charge < -0.3 is 4.74 Å². The highest BCUT2D eigenvalue weighted by atomic mass is 79.9. The van der Waals surface area contributed by atoms with E-state index in [0.717, 1.165) is 25.3 Å². The number of esters is 1. The first-order chi connectivity index (χ1) is 9.58. The number of carbonyl (C=O) groups is 1. The Bertz CT molecular complexity index is 618. The minimum Gasteiger partial charge on any atom is -0.468 e. The quantitative estimate of drug-likeness (QED) is 0.616. The minimum atomic E-state index is -4.64. The van der Waals surface area contributed by atoms with Crippen molar-refractivity contribution in [3.63, 3.8) is 0 Å². The monoisotopic (exact) mass is 389 g/mol. The molecule has 10 heteroatoms. The van der Waals surface area contributed by atoms with Crippen molar-refractivity contribution in [1.82, 2.24) is 4.72 Å². The number of hydrogen-bond acceptors (Lipinski definition) is 4. The van der Waals surface area contributed by atoms with Gasteiger partial charge >= 0.3 is 12.1 Å². The van der Waals surface area contributed by atoms with E-state index in [1.807, 2.05) is 4.72 Å². The molecular weight excluding hydrogens is 379 g/mol. The van der Waals surface area contributed by atoms with Gasteiger partial charge in [-0.25, -0.2) is 13.1 Å². The molecule has 0 fully saturated rings. The van der Waals surface area contributed by atoms with Gasteiger partial charge in [0.05, 0.1) is 17.6 Å². The van der Waals surface area contributed by atoms with E-state index < -0.39 is 37.5 Å². The topological polar surface area (TPSA) is 72.5 Å². The highest BCUT2D eigenvalue weighted by molar-refractivity contribution is 9.10. The molecule has 1 aromatic rings. The zero-order chi connectivity index (χ0) is 16.3. The van der Waals surface area contributed by atoms with Gasteiger partial charge in [0.1, 0.15) is 4.83 Å². The van der Waals surface area contributed by atoms with Gasteiger partial charge in [0, 0.05) is 6.54 Å². The Labute approximate surface area is 127 Å². The molecule has 1 N–H and O–H groups in total. The van der Waals surface area contributed by atoms with Gasteiger partial charge in [-0.15, -0.1) is 0 Å². The van der Waals surface area contributed by atoms with E-state index in [1.54, 1.807) is 0 Å². The predicted molar refractivity (Wildman–Crippen MR) is 71.4 cm³/mol. The third kappa shape index (κ3) is 4.97. The molecule has 0 aliphatic carbocycles. The molecule has 1 unspecified atom stereocenters. The maximum absolute atomic E-state index is 12.5. The van der Waals surface area contributed by atoms with Crippen LogP contribution in [-0.4, -0.2) is 32.9 Å². The maximum Gasteiger partial charge on any atom is 0.416 e. The minimum absolute atomic E-state index is 0.356. The molecule has 1 aromatic carbocycles. The summed E-state index contributed by atoms with van der Waals surface area (Å²) in [6.07, 6.45) is -4.64. The van der Waals surface area contributed by atoms with Crippen molar-refractivity contribution in [3.8, 4) is 0 Å². The lowest BCUT2D eigenvalue weighted by molar-refractivity contribution is -0.139. The second kappa shape index (κ2) is 6.75. The predicted octanol–water partition coefficient (Wildman–Crippen LogP) is 1.92. The van der Waals surface area contributed by atoms with Crippen molar-refractivity contribution in [2.75, 3.05) is 13.7 Å². The van der Waals surface area contributed by atoms with E-state index in [1.165, 1.54) is 0 Å². The number of carbonyl (C=O) groups excluding carboxylic acids is 1. The van der Waals surface area contributed by atoms with Crippen LogP contribution in [0.1, 0.15) is 5.56 Å². The first-order valence-electron chi connectivity index (χ1n) is 5.47. The Hall–Kier alpha value is -1.13. The summed E-state index contributed by atoms with van der Waals surface area (Å²) in [6, 6.07) is 3.30. The Morgan fingerprint density at radius 2 is 2.05 bits per heavy atom. The highest BCUT2D eigenvalue weighted by Crippen LogP contribution is 2.30. The molecule has 0 radical (unpaired) electrons. The largest absolute Gasteiger partial charge is 0.468 e. The second-order valence-corrected chi connectivity index (χ2v) is 6.74. The molecule has 0 saturated carbocycles. The zero-order valence-corrected chi connectivity index (χ0v) is 13.0. The highest BCUT2D eigenvalue weighted by Gasteiger charge is 2.31. The maximum atomic E-state index is 12.5. The van der Waals surface area contributed by atoms with Gasteiger partial charge in [-0.1, -0.05) is 22.0 Å². The summed E-state index contributed by atoms with van der Waals surface area (Å²) in [5.41, 5.74) is -1.08. The van der Waals surface area contributed by atoms with E-state index in [2.05, 4.69) is 20.7 Å². The summed E-state index contributed by atoms with van der Waals surface area (Å²) in [5, 5.41) is 0. The molecule has 21 heavy (non-hydrogen) atoms. The number of hydrogen-bond donors (Lipinski definition) is 1. The van der Waals surface area contributed by atoms with Gasteiger partial charge in [-0.05, 0) is 18.2 Å². The van der Waals surface area contributed by atoms with Gasteiger partial charge in [0.15, 0.2) is 0 Å². The fourth-order valence-corrected chi connectivity index (χ4v) is 2.97. The van der Waals surface area contributed by atoms with Crippen LogP contribution in [0.15, 0.2) is 29.2 Å². The van der Waals surface area contributed by atoms with Crippen molar-refractivity contribution in [1.29, 1.82) is 0 Å². The molecule has 0 amide bonds. The summed E-state index contributed by atoms with van der Waals surface area (Å²) in [6.45, 7) is -0.356. The molecule has 0 aromatic heterocycles. The number of benzene rings is 1. The molecule has 0 aliphatic rings. The number of sulfonamides is 1. The average Bonchev–Trinajstić information content (AvgIpc) is 2.43. The lowest BCUT2D eigenvalue weighted by atomic mass is 10.2. The van der Waals surface area contributed by atoms with Crippen molar-refractivity contribution in [2.24, 2.45) is 0 Å². The van der Waals surface area contributed by atoms with Crippen molar-refractivity contribution >= 4 is 31.9 Å². The first kappa shape index (κ1) is 17.9. The Kier molecular flexibility index (Phi) is 5.76. The number of nitrogens with one attached hydrogen (secondary N) is 1. The third-order valence-corrected chi connectivity index (χ3v) is 4.50. The smallest absolute Gasteiger partial charge is 0.416 e. The number of methoxy groups -OCH3 is 1. The van der Waals surface area contributed by atoms with Crippen LogP contribution in [0.5, 0.6) is 0 Å². The van der Waals surface area contributed by atoms with E-state index in [0.29, 0.717) is 6.07 Å². The van der Waals surface area contributed by atoms with Crippen LogP contribution in [-0.2, 0) is 25.7 Å². The van der Waals surface area contributed by atoms with Crippen LogP contribution < -0.4 is 4.72 Å². The summed E-state index contributed by atoms with van der Waals surface area (Å²) >= 11 is 2.89. The molecule has 1 rings (SSSR count). The SMILES string of the molecule is COC(=O)C(Br)CNS(=O)(=O)c1cccc(C(F)(F)F)c1. The van der Waals surface area contributed by atoms with Crippen molar-refractivity contribution in [3.05, 3.63) is 29.8 Å². The van der Waals surface area contributed by atoms with Gasteiger partial charge in [0.25, 0.3) is 0 Å². The number of rotatable bonds is 5. The molecule has 1 atom stereocenters. The van der Waals surface area contributed by atoms with Crippen LogP contribution in [0.25, 0.3) is 0 Å². The molecule has 0 heterocycles. The summed E-state index contributed by atoms with van der Waals surface area (Å²) in [4.78, 5) is 9.62. The van der Waals surface area contributed by atoms with E-state index in [4.69, 9.17) is 0 Å². The fraction of sp³-hybridized carbons (Fsp3) is 0.364. The van der Waals surface area contributed by atoms with E-state index >= 15 is 0 Å². The zero-order valence-electron chi connectivity index (χ0n) is 10.6. The lowest BCUT2D eigenvalue weighted by Crippen LogP contribution is -2.34. The summed E-state index contributed by atoms with van der Waals surface area (Å²) in [7, 11) is -3.04. The molecule has 118 valence electrons. The molecule has 0 aliphatic heterocycles. The number of ether oxygens (including phenoxy) is 1. The van der Waals surface area contributed by atoms with Crippen LogP contribution >= 0.6 is 15.9 Å². The van der Waals surface area contributed by atoms with Gasteiger partial charge in [0.2, 0.25) is 10.0 Å². The van der Waals surface area contributed by atoms with E-state index in [-0.39, 0.29) is 6.54 Å². The van der Waals surface area contributed by atoms with Crippen molar-refractivity contribution in [2.45, 2.75) is 15.9 Å². The van der Waals surface area contributed by atoms with Gasteiger partial charge in [-0.2, -0.15) is 13.2 Å². The number of halogens is 4. The average molecular weight is 390 g/mol. The Morgan fingerprint density at radius 3 is 2.57 bits per heavy atom. The normalized spacial score (nSPS) is 13.8. The fourth-order valence-electron chi connectivity index (χ4n) is 1.32. The Balaban J connectivity index is 2.91. The molecule has 0 saturated heterocycles. The molecule has 0 spiro atoms. The molecular formula is C11H11BrF3NO4S. The van der Waals surface area contributed by atoms with Crippen LogP contribution in [0.3, 0.4) is 0 Å². The van der Waals surface area contributed by atoms with Crippen molar-refractivity contribution < 1.29 is 31.1 Å². The number of alkyl halides is 4. The van der Waals surface area contributed by atoms with Gasteiger partial charge in [-0.3, -0.25) is 4.79 Å². The molecule has 0 bridgehead atoms. The standard InChI is InChI=1S/C11H11BrF3NO4S/c1-20-10(17)9(12)6-16-21(18,19)8-4-2-3-7(5-8)11(13,14)15/h2-5,9,16H,6H2,1H3. The van der Waals surface area contributed by atoms with Crippen LogP contribution in [0.2, 0.25) is 0 Å². The molecule has 5 nitrogen and oxygen atoms in total. The van der Waals surface area contributed by atoms with Crippen LogP contribution in [0.4, 0.5) is 13.2 Å². The summed E-state index contributed by atoms with van der Waals surface area (Å²) in [5.74, 6) is -0.707. The van der Waals surface area contributed by atoms with Crippen LogP contribution in [0, 0.1) is 0 Å². The Morgan fingerprint density at radius 1 is 1.43 bits per heavy atom. The second-order valence-electron chi connectivity index (χ2n) is 3.87. The van der Waals surface area contributed by atoms with E-state index in [9.17, 15) is 26.4 Å².